The monoisotopic (exact) mass is 224 g/mol. The molecule has 0 atom stereocenters. The lowest BCUT2D eigenvalue weighted by Crippen LogP contribution is -2.47. The summed E-state index contributed by atoms with van der Waals surface area (Å²) in [7, 11) is 1.57. The van der Waals surface area contributed by atoms with Crippen LogP contribution in [-0.2, 0) is 9.53 Å². The second kappa shape index (κ2) is 6.49. The molecule has 1 rings (SSSR count). The average molecular weight is 224 g/mol. The van der Waals surface area contributed by atoms with Crippen LogP contribution in [0.1, 0.15) is 44.9 Å². The van der Waals surface area contributed by atoms with Crippen LogP contribution in [0, 0.1) is 11.3 Å². The van der Waals surface area contributed by atoms with Crippen molar-refractivity contribution in [1.82, 2.24) is 5.32 Å². The lowest BCUT2D eigenvalue weighted by Gasteiger charge is -2.26. The number of nitrogens with zero attached hydrogens (tertiary/aromatic N) is 1. The van der Waals surface area contributed by atoms with Crippen molar-refractivity contribution >= 4 is 5.91 Å². The lowest BCUT2D eigenvalue weighted by molar-refractivity contribution is -0.123. The average Bonchev–Trinajstić information content (AvgIpc) is 2.52. The van der Waals surface area contributed by atoms with Gasteiger partial charge in [-0.2, -0.15) is 5.26 Å². The molecule has 0 spiro atoms. The van der Waals surface area contributed by atoms with E-state index in [1.165, 1.54) is 0 Å². The molecule has 0 aromatic rings. The van der Waals surface area contributed by atoms with Gasteiger partial charge in [-0.15, -0.1) is 0 Å². The van der Waals surface area contributed by atoms with Gasteiger partial charge in [-0.05, 0) is 12.8 Å². The Morgan fingerprint density at radius 2 is 2.00 bits per heavy atom. The first-order valence-corrected chi connectivity index (χ1v) is 5.94. The number of nitrogens with one attached hydrogen (secondary N) is 1. The van der Waals surface area contributed by atoms with Crippen molar-refractivity contribution in [3.63, 3.8) is 0 Å². The minimum atomic E-state index is -0.624. The van der Waals surface area contributed by atoms with E-state index in [0.717, 1.165) is 38.5 Å². The van der Waals surface area contributed by atoms with E-state index in [9.17, 15) is 10.1 Å². The van der Waals surface area contributed by atoms with Gasteiger partial charge in [0.1, 0.15) is 5.54 Å². The number of carbonyl (C=O) groups excluding carboxylic acids is 1. The Bertz CT molecular complexity index is 263. The molecule has 4 heteroatoms. The SMILES string of the molecule is COCCC(=O)NC1(C#N)CCCCCC1. The van der Waals surface area contributed by atoms with E-state index >= 15 is 0 Å². The van der Waals surface area contributed by atoms with E-state index in [-0.39, 0.29) is 5.91 Å². The predicted molar refractivity (Wildman–Crippen MR) is 60.7 cm³/mol. The van der Waals surface area contributed by atoms with E-state index in [0.29, 0.717) is 13.0 Å². The number of nitriles is 1. The summed E-state index contributed by atoms with van der Waals surface area (Å²) in [6.45, 7) is 0.410. The molecule has 0 radical (unpaired) electrons. The summed E-state index contributed by atoms with van der Waals surface area (Å²) in [5.41, 5.74) is -0.624. The molecule has 0 aliphatic heterocycles. The van der Waals surface area contributed by atoms with Gasteiger partial charge in [-0.25, -0.2) is 0 Å². The molecular weight excluding hydrogens is 204 g/mol. The molecule has 1 N–H and O–H groups in total. The summed E-state index contributed by atoms with van der Waals surface area (Å²) >= 11 is 0. The number of amides is 1. The fourth-order valence-corrected chi connectivity index (χ4v) is 2.12. The van der Waals surface area contributed by atoms with Crippen molar-refractivity contribution < 1.29 is 9.53 Å². The van der Waals surface area contributed by atoms with Gasteiger partial charge in [-0.1, -0.05) is 25.7 Å². The van der Waals surface area contributed by atoms with Gasteiger partial charge < -0.3 is 10.1 Å². The number of carbonyl (C=O) groups is 1. The zero-order valence-electron chi connectivity index (χ0n) is 9.92. The molecule has 1 aliphatic carbocycles. The molecular formula is C12H20N2O2. The van der Waals surface area contributed by atoms with Crippen molar-refractivity contribution in [2.45, 2.75) is 50.5 Å². The fourth-order valence-electron chi connectivity index (χ4n) is 2.12. The van der Waals surface area contributed by atoms with Crippen molar-refractivity contribution in [1.29, 1.82) is 5.26 Å². The van der Waals surface area contributed by atoms with Gasteiger partial charge in [0.2, 0.25) is 5.91 Å². The van der Waals surface area contributed by atoms with Crippen molar-refractivity contribution in [3.05, 3.63) is 0 Å². The number of ether oxygens (including phenoxy) is 1. The normalized spacial score (nSPS) is 19.5. The third kappa shape index (κ3) is 3.82. The van der Waals surface area contributed by atoms with Gasteiger partial charge in [0.05, 0.1) is 12.7 Å². The molecule has 4 nitrogen and oxygen atoms in total. The third-order valence-corrected chi connectivity index (χ3v) is 3.08. The second-order valence-electron chi connectivity index (χ2n) is 4.40. The first-order valence-electron chi connectivity index (χ1n) is 5.94. The number of hydrogen-bond acceptors (Lipinski definition) is 3. The maximum absolute atomic E-state index is 11.6. The summed E-state index contributed by atoms with van der Waals surface area (Å²) in [4.78, 5) is 11.6. The summed E-state index contributed by atoms with van der Waals surface area (Å²) in [5.74, 6) is -0.0784. The topological polar surface area (TPSA) is 62.1 Å². The highest BCUT2D eigenvalue weighted by atomic mass is 16.5. The Balaban J connectivity index is 2.51. The highest BCUT2D eigenvalue weighted by molar-refractivity contribution is 5.77. The quantitative estimate of drug-likeness (QED) is 0.740. The number of hydrogen-bond donors (Lipinski definition) is 1. The molecule has 1 fully saturated rings. The second-order valence-corrected chi connectivity index (χ2v) is 4.40. The molecule has 16 heavy (non-hydrogen) atoms. The zero-order valence-corrected chi connectivity index (χ0v) is 9.92. The van der Waals surface area contributed by atoms with Crippen LogP contribution in [0.2, 0.25) is 0 Å². The minimum absolute atomic E-state index is 0.0784. The Morgan fingerprint density at radius 3 is 2.50 bits per heavy atom. The van der Waals surface area contributed by atoms with E-state index in [1.807, 2.05) is 0 Å². The van der Waals surface area contributed by atoms with Crippen LogP contribution in [0.15, 0.2) is 0 Å². The standard InChI is InChI=1S/C12H20N2O2/c1-16-9-6-11(15)14-12(10-13)7-4-2-3-5-8-12/h2-9H2,1H3,(H,14,15). The Morgan fingerprint density at radius 1 is 1.38 bits per heavy atom. The van der Waals surface area contributed by atoms with Crippen LogP contribution < -0.4 is 5.32 Å². The largest absolute Gasteiger partial charge is 0.384 e. The zero-order chi connectivity index (χ0) is 11.9. The van der Waals surface area contributed by atoms with Crippen molar-refractivity contribution in [2.24, 2.45) is 0 Å². The van der Waals surface area contributed by atoms with Gasteiger partial charge in [-0.3, -0.25) is 4.79 Å². The highest BCUT2D eigenvalue weighted by Crippen LogP contribution is 2.26. The molecule has 0 aromatic carbocycles. The van der Waals surface area contributed by atoms with E-state index in [1.54, 1.807) is 7.11 Å². The molecule has 1 saturated carbocycles. The summed E-state index contributed by atoms with van der Waals surface area (Å²) in [5, 5.41) is 12.1. The molecule has 0 heterocycles. The van der Waals surface area contributed by atoms with Crippen molar-refractivity contribution in [2.75, 3.05) is 13.7 Å². The molecule has 0 saturated heterocycles. The van der Waals surface area contributed by atoms with Gasteiger partial charge >= 0.3 is 0 Å². The first kappa shape index (κ1) is 13.0. The minimum Gasteiger partial charge on any atom is -0.384 e. The van der Waals surface area contributed by atoms with E-state index < -0.39 is 5.54 Å². The summed E-state index contributed by atoms with van der Waals surface area (Å²) < 4.78 is 4.85. The summed E-state index contributed by atoms with van der Waals surface area (Å²) in [6.07, 6.45) is 6.27. The van der Waals surface area contributed by atoms with Crippen LogP contribution in [0.4, 0.5) is 0 Å². The molecule has 0 bridgehead atoms. The fraction of sp³-hybridized carbons (Fsp3) is 0.833. The van der Waals surface area contributed by atoms with Crippen LogP contribution in [0.3, 0.4) is 0 Å². The molecule has 90 valence electrons. The van der Waals surface area contributed by atoms with Crippen molar-refractivity contribution in [3.8, 4) is 6.07 Å². The van der Waals surface area contributed by atoms with Crippen LogP contribution in [0.25, 0.3) is 0 Å². The maximum Gasteiger partial charge on any atom is 0.223 e. The number of methoxy groups -OCH3 is 1. The molecule has 0 aromatic heterocycles. The van der Waals surface area contributed by atoms with Gasteiger partial charge in [0, 0.05) is 13.5 Å². The lowest BCUT2D eigenvalue weighted by atomic mass is 9.92. The van der Waals surface area contributed by atoms with Gasteiger partial charge in [0.15, 0.2) is 0 Å². The van der Waals surface area contributed by atoms with Crippen LogP contribution in [0.5, 0.6) is 0 Å². The van der Waals surface area contributed by atoms with E-state index in [2.05, 4.69) is 11.4 Å². The maximum atomic E-state index is 11.6. The van der Waals surface area contributed by atoms with E-state index in [4.69, 9.17) is 4.74 Å². The van der Waals surface area contributed by atoms with Crippen LogP contribution in [-0.4, -0.2) is 25.2 Å². The molecule has 0 unspecified atom stereocenters. The predicted octanol–water partition coefficient (Wildman–Crippen LogP) is 1.76. The Labute approximate surface area is 97.0 Å². The summed E-state index contributed by atoms with van der Waals surface area (Å²) in [6, 6.07) is 2.29. The Kier molecular flexibility index (Phi) is 5.27. The van der Waals surface area contributed by atoms with Gasteiger partial charge in [0.25, 0.3) is 0 Å². The molecule has 1 aliphatic rings. The highest BCUT2D eigenvalue weighted by Gasteiger charge is 2.32. The number of rotatable bonds is 4. The third-order valence-electron chi connectivity index (χ3n) is 3.08. The van der Waals surface area contributed by atoms with Crippen LogP contribution >= 0.6 is 0 Å². The Hall–Kier alpha value is -1.08. The molecule has 1 amide bonds. The first-order chi connectivity index (χ1) is 7.72. The smallest absolute Gasteiger partial charge is 0.223 e.